The summed E-state index contributed by atoms with van der Waals surface area (Å²) in [6.45, 7) is 2.89. The second kappa shape index (κ2) is 9.17. The molecule has 7 nitrogen and oxygen atoms in total. The number of aryl methyl sites for hydroxylation is 1. The fraction of sp³-hybridized carbons (Fsp3) is 0.278. The number of ether oxygens (including phenoxy) is 1. The van der Waals surface area contributed by atoms with Crippen LogP contribution in [0.1, 0.15) is 5.56 Å². The van der Waals surface area contributed by atoms with Crippen LogP contribution in [0.5, 0.6) is 5.75 Å². The first kappa shape index (κ1) is 19.7. The van der Waals surface area contributed by atoms with Crippen molar-refractivity contribution in [1.29, 1.82) is 0 Å². The predicted molar refractivity (Wildman–Crippen MR) is 101 cm³/mol. The molecule has 0 bridgehead atoms. The van der Waals surface area contributed by atoms with Gasteiger partial charge in [-0.2, -0.15) is 0 Å². The number of benzene rings is 2. The summed E-state index contributed by atoms with van der Waals surface area (Å²) in [5.74, 6) is 0.460. The van der Waals surface area contributed by atoms with Crippen LogP contribution in [0, 0.1) is 17.0 Å². The lowest BCUT2D eigenvalue weighted by molar-refractivity contribution is -0.384. The summed E-state index contributed by atoms with van der Waals surface area (Å²) >= 11 is 5.81. The smallest absolute Gasteiger partial charge is 0.271 e. The Morgan fingerprint density at radius 2 is 1.96 bits per heavy atom. The molecule has 0 heterocycles. The molecule has 0 unspecified atom stereocenters. The summed E-state index contributed by atoms with van der Waals surface area (Å²) in [6, 6.07) is 11.4. The van der Waals surface area contributed by atoms with Crippen molar-refractivity contribution >= 4 is 28.9 Å². The molecule has 1 N–H and O–H groups in total. The Morgan fingerprint density at radius 1 is 1.27 bits per heavy atom. The van der Waals surface area contributed by atoms with Gasteiger partial charge in [-0.25, -0.2) is 0 Å². The van der Waals surface area contributed by atoms with Gasteiger partial charge in [-0.3, -0.25) is 19.8 Å². The fourth-order valence-corrected chi connectivity index (χ4v) is 2.35. The van der Waals surface area contributed by atoms with Gasteiger partial charge in [0, 0.05) is 23.7 Å². The maximum absolute atomic E-state index is 12.1. The number of nitrogens with zero attached hydrogens (tertiary/aromatic N) is 2. The van der Waals surface area contributed by atoms with Crippen molar-refractivity contribution in [2.24, 2.45) is 0 Å². The maximum atomic E-state index is 12.1. The van der Waals surface area contributed by atoms with Crippen LogP contribution >= 0.6 is 11.6 Å². The largest absolute Gasteiger partial charge is 0.492 e. The molecule has 0 saturated heterocycles. The van der Waals surface area contributed by atoms with Crippen LogP contribution in [0.3, 0.4) is 0 Å². The van der Waals surface area contributed by atoms with Crippen LogP contribution in [0.2, 0.25) is 5.02 Å². The molecular weight excluding hydrogens is 358 g/mol. The minimum absolute atomic E-state index is 0.0596. The van der Waals surface area contributed by atoms with Gasteiger partial charge in [0.05, 0.1) is 17.2 Å². The number of amides is 1. The van der Waals surface area contributed by atoms with Gasteiger partial charge >= 0.3 is 0 Å². The lowest BCUT2D eigenvalue weighted by Crippen LogP contribution is -2.33. The predicted octanol–water partition coefficient (Wildman–Crippen LogP) is 3.51. The van der Waals surface area contributed by atoms with E-state index in [4.69, 9.17) is 16.3 Å². The maximum Gasteiger partial charge on any atom is 0.271 e. The Kier molecular flexibility index (Phi) is 6.94. The fourth-order valence-electron chi connectivity index (χ4n) is 2.22. The molecule has 2 rings (SSSR count). The Balaban J connectivity index is 1.80. The monoisotopic (exact) mass is 377 g/mol. The van der Waals surface area contributed by atoms with E-state index >= 15 is 0 Å². The summed E-state index contributed by atoms with van der Waals surface area (Å²) in [5.41, 5.74) is 1.14. The number of anilines is 1. The number of nitrogens with one attached hydrogen (secondary N) is 1. The third-order valence-corrected chi connectivity index (χ3v) is 3.93. The lowest BCUT2D eigenvalue weighted by Gasteiger charge is -2.17. The molecule has 0 spiro atoms. The number of carbonyl (C=O) groups excluding carboxylic acids is 1. The molecule has 0 radical (unpaired) electrons. The normalized spacial score (nSPS) is 10.6. The minimum Gasteiger partial charge on any atom is -0.492 e. The number of carbonyl (C=O) groups is 1. The molecule has 0 saturated carbocycles. The Bertz CT molecular complexity index is 781. The van der Waals surface area contributed by atoms with Crippen molar-refractivity contribution in [3.05, 3.63) is 63.2 Å². The summed E-state index contributed by atoms with van der Waals surface area (Å²) in [6.07, 6.45) is 0. The van der Waals surface area contributed by atoms with Gasteiger partial charge in [-0.05, 0) is 43.8 Å². The summed E-state index contributed by atoms with van der Waals surface area (Å²) in [7, 11) is 1.80. The van der Waals surface area contributed by atoms with Crippen molar-refractivity contribution in [1.82, 2.24) is 4.90 Å². The van der Waals surface area contributed by atoms with Crippen molar-refractivity contribution in [2.75, 3.05) is 32.1 Å². The number of hydrogen-bond donors (Lipinski definition) is 1. The molecule has 2 aromatic carbocycles. The standard InChI is InChI=1S/C18H20ClN3O4/c1-13-3-6-15(22(24)25)11-17(13)20-18(23)12-21(2)9-10-26-16-7-4-14(19)5-8-16/h3-8,11H,9-10,12H2,1-2H3,(H,20,23). The number of nitro groups is 1. The van der Waals surface area contributed by atoms with E-state index in [-0.39, 0.29) is 18.1 Å². The summed E-state index contributed by atoms with van der Waals surface area (Å²) in [4.78, 5) is 24.3. The molecule has 0 aliphatic heterocycles. The third-order valence-electron chi connectivity index (χ3n) is 3.67. The van der Waals surface area contributed by atoms with E-state index in [1.165, 1.54) is 12.1 Å². The molecule has 8 heteroatoms. The average molecular weight is 378 g/mol. The van der Waals surface area contributed by atoms with Crippen molar-refractivity contribution in [3.8, 4) is 5.75 Å². The first-order valence-electron chi connectivity index (χ1n) is 7.97. The van der Waals surface area contributed by atoms with Crippen molar-refractivity contribution < 1.29 is 14.5 Å². The van der Waals surface area contributed by atoms with E-state index in [0.29, 0.717) is 29.6 Å². The van der Waals surface area contributed by atoms with E-state index in [0.717, 1.165) is 5.56 Å². The Hall–Kier alpha value is -2.64. The van der Waals surface area contributed by atoms with Gasteiger partial charge in [0.15, 0.2) is 0 Å². The zero-order valence-electron chi connectivity index (χ0n) is 14.6. The van der Waals surface area contributed by atoms with Gasteiger partial charge < -0.3 is 10.1 Å². The highest BCUT2D eigenvalue weighted by molar-refractivity contribution is 6.30. The van der Waals surface area contributed by atoms with E-state index in [1.807, 2.05) is 0 Å². The van der Waals surface area contributed by atoms with Crippen LogP contribution < -0.4 is 10.1 Å². The second-order valence-corrected chi connectivity index (χ2v) is 6.28. The zero-order chi connectivity index (χ0) is 19.1. The van der Waals surface area contributed by atoms with E-state index in [2.05, 4.69) is 5.32 Å². The zero-order valence-corrected chi connectivity index (χ0v) is 15.3. The summed E-state index contributed by atoms with van der Waals surface area (Å²) < 4.78 is 5.59. The average Bonchev–Trinajstić information content (AvgIpc) is 2.58. The molecule has 26 heavy (non-hydrogen) atoms. The summed E-state index contributed by atoms with van der Waals surface area (Å²) in [5, 5.41) is 14.2. The van der Waals surface area contributed by atoms with Gasteiger partial charge in [0.2, 0.25) is 5.91 Å². The first-order chi connectivity index (χ1) is 12.3. The van der Waals surface area contributed by atoms with Crippen LogP contribution in [0.15, 0.2) is 42.5 Å². The highest BCUT2D eigenvalue weighted by Gasteiger charge is 2.12. The number of rotatable bonds is 8. The molecule has 0 aromatic heterocycles. The number of likely N-dealkylation sites (N-methyl/N-ethyl adjacent to an activating group) is 1. The molecule has 138 valence electrons. The quantitative estimate of drug-likeness (QED) is 0.562. The van der Waals surface area contributed by atoms with Crippen LogP contribution in [0.25, 0.3) is 0 Å². The lowest BCUT2D eigenvalue weighted by atomic mass is 10.2. The van der Waals surface area contributed by atoms with E-state index < -0.39 is 4.92 Å². The molecule has 1 amide bonds. The van der Waals surface area contributed by atoms with Gasteiger partial charge in [-0.15, -0.1) is 0 Å². The van der Waals surface area contributed by atoms with Crippen LogP contribution in [0.4, 0.5) is 11.4 Å². The molecule has 0 atom stereocenters. The minimum atomic E-state index is -0.491. The van der Waals surface area contributed by atoms with Gasteiger partial charge in [-0.1, -0.05) is 17.7 Å². The Morgan fingerprint density at radius 3 is 2.62 bits per heavy atom. The molecule has 0 aliphatic rings. The van der Waals surface area contributed by atoms with Gasteiger partial charge in [0.1, 0.15) is 12.4 Å². The molecule has 0 fully saturated rings. The SMILES string of the molecule is Cc1ccc([N+](=O)[O-])cc1NC(=O)CN(C)CCOc1ccc(Cl)cc1. The van der Waals surface area contributed by atoms with E-state index in [9.17, 15) is 14.9 Å². The number of halogens is 1. The first-order valence-corrected chi connectivity index (χ1v) is 8.35. The molecular formula is C18H20ClN3O4. The molecule has 0 aliphatic carbocycles. The van der Waals surface area contributed by atoms with E-state index in [1.54, 1.807) is 49.2 Å². The second-order valence-electron chi connectivity index (χ2n) is 5.84. The highest BCUT2D eigenvalue weighted by Crippen LogP contribution is 2.21. The third kappa shape index (κ3) is 6.02. The highest BCUT2D eigenvalue weighted by atomic mass is 35.5. The van der Waals surface area contributed by atoms with Crippen molar-refractivity contribution in [2.45, 2.75) is 6.92 Å². The van der Waals surface area contributed by atoms with Crippen molar-refractivity contribution in [3.63, 3.8) is 0 Å². The van der Waals surface area contributed by atoms with Gasteiger partial charge in [0.25, 0.3) is 5.69 Å². The number of non-ortho nitro benzene ring substituents is 1. The topological polar surface area (TPSA) is 84.7 Å². The van der Waals surface area contributed by atoms with Crippen LogP contribution in [-0.4, -0.2) is 42.5 Å². The molecule has 2 aromatic rings. The van der Waals surface area contributed by atoms with Crippen LogP contribution in [-0.2, 0) is 4.79 Å². The Labute approximate surface area is 156 Å². The number of hydrogen-bond acceptors (Lipinski definition) is 5. The number of nitro benzene ring substituents is 1.